The number of nitrogens with one attached hydrogen (secondary N) is 1. The van der Waals surface area contributed by atoms with E-state index in [0.29, 0.717) is 24.5 Å². The van der Waals surface area contributed by atoms with Gasteiger partial charge in [0.1, 0.15) is 6.61 Å². The normalized spacial score (nSPS) is 17.3. The van der Waals surface area contributed by atoms with Crippen molar-refractivity contribution in [2.24, 2.45) is 0 Å². The Kier molecular flexibility index (Phi) is 4.68. The molecule has 0 bridgehead atoms. The Morgan fingerprint density at radius 1 is 1.37 bits per heavy atom. The maximum atomic E-state index is 14.3. The van der Waals surface area contributed by atoms with Crippen molar-refractivity contribution >= 4 is 17.2 Å². The number of amides is 1. The zero-order valence-electron chi connectivity index (χ0n) is 14.5. The number of fused-ring (bicyclic) bond motifs is 1. The molecule has 0 spiro atoms. The lowest BCUT2D eigenvalue weighted by Gasteiger charge is -2.33. The summed E-state index contributed by atoms with van der Waals surface area (Å²) in [7, 11) is 0. The minimum absolute atomic E-state index is 0.0959. The number of anilines is 1. The summed E-state index contributed by atoms with van der Waals surface area (Å²) in [5.74, 6) is -0.407. The van der Waals surface area contributed by atoms with Crippen LogP contribution in [0.15, 0.2) is 36.8 Å². The predicted molar refractivity (Wildman–Crippen MR) is 96.5 cm³/mol. The highest BCUT2D eigenvalue weighted by atomic mass is 19.1. The molecule has 0 radical (unpaired) electrons. The van der Waals surface area contributed by atoms with Gasteiger partial charge in [0, 0.05) is 25.3 Å². The summed E-state index contributed by atoms with van der Waals surface area (Å²) in [5, 5.41) is 16.4. The first-order chi connectivity index (χ1) is 13.2. The molecule has 1 aliphatic rings. The molecule has 0 unspecified atom stereocenters. The predicted octanol–water partition coefficient (Wildman–Crippen LogP) is 1.33. The molecule has 1 saturated heterocycles. The Labute approximate surface area is 154 Å². The number of likely N-dealkylation sites (tertiary alicyclic amines) is 1. The highest BCUT2D eigenvalue weighted by Gasteiger charge is 2.24. The molecule has 1 amide bonds. The number of carbonyl (C=O) groups is 1. The van der Waals surface area contributed by atoms with Gasteiger partial charge in [-0.3, -0.25) is 4.79 Å². The number of nitrogens with zero attached hydrogens (tertiary/aromatic N) is 5. The van der Waals surface area contributed by atoms with Gasteiger partial charge in [0.05, 0.1) is 23.5 Å². The molecule has 4 rings (SSSR count). The van der Waals surface area contributed by atoms with Crippen molar-refractivity contribution in [2.45, 2.75) is 18.9 Å². The van der Waals surface area contributed by atoms with Crippen LogP contribution in [-0.4, -0.2) is 61.2 Å². The van der Waals surface area contributed by atoms with Crippen molar-refractivity contribution in [2.75, 3.05) is 25.0 Å². The van der Waals surface area contributed by atoms with E-state index in [2.05, 4.69) is 20.4 Å². The molecule has 9 heteroatoms. The van der Waals surface area contributed by atoms with Crippen LogP contribution in [0.3, 0.4) is 0 Å². The molecule has 1 atom stereocenters. The number of aromatic nitrogens is 4. The quantitative estimate of drug-likeness (QED) is 0.719. The lowest BCUT2D eigenvalue weighted by atomic mass is 10.1. The standard InChI is InChI=1S/C18H19FN6O2/c19-14-9-20-17(13-8-21-25-7-2-1-5-15(13)25)23-18(14)22-12-4-3-6-24(10-12)16(27)11-26/h1-2,5,7-9,12,26H,3-4,6,10-11H2,(H,20,22,23)/t12-/m1/s1. The second kappa shape index (κ2) is 7.28. The van der Waals surface area contributed by atoms with Gasteiger partial charge in [0.15, 0.2) is 17.5 Å². The van der Waals surface area contributed by atoms with Gasteiger partial charge in [-0.2, -0.15) is 5.10 Å². The molecule has 140 valence electrons. The average Bonchev–Trinajstić information content (AvgIpc) is 3.13. The van der Waals surface area contributed by atoms with Crippen molar-refractivity contribution in [1.82, 2.24) is 24.5 Å². The Hall–Kier alpha value is -3.07. The van der Waals surface area contributed by atoms with Crippen LogP contribution in [0.4, 0.5) is 10.2 Å². The van der Waals surface area contributed by atoms with Crippen LogP contribution >= 0.6 is 0 Å². The third-order valence-electron chi connectivity index (χ3n) is 4.66. The molecular formula is C18H19FN6O2. The molecule has 0 aromatic carbocycles. The van der Waals surface area contributed by atoms with Crippen molar-refractivity contribution in [3.8, 4) is 11.4 Å². The molecule has 8 nitrogen and oxygen atoms in total. The van der Waals surface area contributed by atoms with Crippen LogP contribution in [0.1, 0.15) is 12.8 Å². The maximum Gasteiger partial charge on any atom is 0.248 e. The number of rotatable bonds is 4. The SMILES string of the molecule is O=C(CO)N1CCC[C@@H](Nc2nc(-c3cnn4ccccc34)ncc2F)C1. The molecule has 4 heterocycles. The van der Waals surface area contributed by atoms with Crippen LogP contribution in [0.25, 0.3) is 16.9 Å². The van der Waals surface area contributed by atoms with E-state index in [1.165, 1.54) is 0 Å². The third kappa shape index (κ3) is 3.45. The van der Waals surface area contributed by atoms with Crippen LogP contribution in [0.2, 0.25) is 0 Å². The minimum atomic E-state index is -0.555. The van der Waals surface area contributed by atoms with Crippen molar-refractivity contribution < 1.29 is 14.3 Å². The average molecular weight is 370 g/mol. The summed E-state index contributed by atoms with van der Waals surface area (Å²) in [6.07, 6.45) is 6.16. The number of aliphatic hydroxyl groups excluding tert-OH is 1. The number of carbonyl (C=O) groups excluding carboxylic acids is 1. The van der Waals surface area contributed by atoms with E-state index in [0.717, 1.165) is 24.6 Å². The van der Waals surface area contributed by atoms with Crippen LogP contribution in [0.5, 0.6) is 0 Å². The van der Waals surface area contributed by atoms with E-state index < -0.39 is 12.4 Å². The number of halogens is 1. The van der Waals surface area contributed by atoms with Crippen LogP contribution in [0, 0.1) is 5.82 Å². The topological polar surface area (TPSA) is 95.7 Å². The monoisotopic (exact) mass is 370 g/mol. The summed E-state index contributed by atoms with van der Waals surface area (Å²) in [5.41, 5.74) is 1.53. The van der Waals surface area contributed by atoms with E-state index >= 15 is 0 Å². The first-order valence-electron chi connectivity index (χ1n) is 8.76. The second-order valence-corrected chi connectivity index (χ2v) is 6.46. The van der Waals surface area contributed by atoms with Gasteiger partial charge in [0.25, 0.3) is 0 Å². The molecule has 0 aliphatic carbocycles. The lowest BCUT2D eigenvalue weighted by molar-refractivity contribution is -0.135. The van der Waals surface area contributed by atoms with Gasteiger partial charge in [-0.05, 0) is 25.0 Å². The minimum Gasteiger partial charge on any atom is -0.387 e. The first-order valence-corrected chi connectivity index (χ1v) is 8.76. The van der Waals surface area contributed by atoms with Crippen molar-refractivity contribution in [3.63, 3.8) is 0 Å². The fourth-order valence-corrected chi connectivity index (χ4v) is 3.32. The number of hydrogen-bond acceptors (Lipinski definition) is 6. The highest BCUT2D eigenvalue weighted by Crippen LogP contribution is 2.24. The molecule has 27 heavy (non-hydrogen) atoms. The number of hydrogen-bond donors (Lipinski definition) is 2. The third-order valence-corrected chi connectivity index (χ3v) is 4.66. The smallest absolute Gasteiger partial charge is 0.248 e. The molecule has 1 fully saturated rings. The van der Waals surface area contributed by atoms with Gasteiger partial charge in [-0.15, -0.1) is 0 Å². The number of pyridine rings is 1. The molecule has 0 saturated carbocycles. The zero-order chi connectivity index (χ0) is 18.8. The van der Waals surface area contributed by atoms with Crippen LogP contribution in [-0.2, 0) is 4.79 Å². The summed E-state index contributed by atoms with van der Waals surface area (Å²) < 4.78 is 16.0. The molecule has 2 N–H and O–H groups in total. The molecular weight excluding hydrogens is 351 g/mol. The second-order valence-electron chi connectivity index (χ2n) is 6.46. The van der Waals surface area contributed by atoms with Gasteiger partial charge < -0.3 is 15.3 Å². The van der Waals surface area contributed by atoms with E-state index in [-0.39, 0.29) is 17.8 Å². The summed E-state index contributed by atoms with van der Waals surface area (Å²) in [6.45, 7) is 0.472. The highest BCUT2D eigenvalue weighted by molar-refractivity contribution is 5.77. The fraction of sp³-hybridized carbons (Fsp3) is 0.333. The number of aliphatic hydroxyl groups is 1. The van der Waals surface area contributed by atoms with E-state index in [9.17, 15) is 9.18 Å². The Morgan fingerprint density at radius 2 is 2.26 bits per heavy atom. The van der Waals surface area contributed by atoms with Gasteiger partial charge >= 0.3 is 0 Å². The lowest BCUT2D eigenvalue weighted by Crippen LogP contribution is -2.46. The fourth-order valence-electron chi connectivity index (χ4n) is 3.32. The number of piperidine rings is 1. The zero-order valence-corrected chi connectivity index (χ0v) is 14.5. The van der Waals surface area contributed by atoms with E-state index in [4.69, 9.17) is 5.11 Å². The molecule has 3 aromatic heterocycles. The maximum absolute atomic E-state index is 14.3. The van der Waals surface area contributed by atoms with E-state index in [1.807, 2.05) is 24.4 Å². The molecule has 1 aliphatic heterocycles. The Morgan fingerprint density at radius 3 is 3.11 bits per heavy atom. The first kappa shape index (κ1) is 17.3. The Balaban J connectivity index is 1.59. The van der Waals surface area contributed by atoms with E-state index in [1.54, 1.807) is 15.6 Å². The largest absolute Gasteiger partial charge is 0.387 e. The summed E-state index contributed by atoms with van der Waals surface area (Å²) in [6, 6.07) is 5.50. The summed E-state index contributed by atoms with van der Waals surface area (Å²) >= 11 is 0. The van der Waals surface area contributed by atoms with Gasteiger partial charge in [-0.1, -0.05) is 6.07 Å². The Bertz CT molecular complexity index is 975. The van der Waals surface area contributed by atoms with Crippen molar-refractivity contribution in [3.05, 3.63) is 42.6 Å². The van der Waals surface area contributed by atoms with Gasteiger partial charge in [0.2, 0.25) is 5.91 Å². The van der Waals surface area contributed by atoms with Crippen molar-refractivity contribution in [1.29, 1.82) is 0 Å². The van der Waals surface area contributed by atoms with Gasteiger partial charge in [-0.25, -0.2) is 18.9 Å². The molecule has 3 aromatic rings. The summed E-state index contributed by atoms with van der Waals surface area (Å²) in [4.78, 5) is 21.7. The van der Waals surface area contributed by atoms with Crippen LogP contribution < -0.4 is 5.32 Å².